The fraction of sp³-hybridized carbons (Fsp3) is 0.421. The minimum atomic E-state index is -2.90. The molecule has 48 heavy (non-hydrogen) atoms. The van der Waals surface area contributed by atoms with Gasteiger partial charge in [0.1, 0.15) is 12.7 Å². The van der Waals surface area contributed by atoms with Crippen LogP contribution < -0.4 is 20.0 Å². The normalized spacial score (nSPS) is 22.9. The van der Waals surface area contributed by atoms with Gasteiger partial charge in [0.2, 0.25) is 11.8 Å². The molecule has 3 aliphatic heterocycles. The van der Waals surface area contributed by atoms with Gasteiger partial charge < -0.3 is 18.8 Å². The Bertz CT molecular complexity index is 1760. The van der Waals surface area contributed by atoms with Gasteiger partial charge in [-0.15, -0.1) is 0 Å². The van der Waals surface area contributed by atoms with E-state index in [-0.39, 0.29) is 22.4 Å². The summed E-state index contributed by atoms with van der Waals surface area (Å²) in [5.41, 5.74) is 1.73. The molecule has 7 rings (SSSR count). The Balaban J connectivity index is 1.20. The Kier molecular flexibility index (Phi) is 8.58. The molecule has 0 saturated carbocycles. The first-order chi connectivity index (χ1) is 23.2. The van der Waals surface area contributed by atoms with Crippen LogP contribution in [-0.4, -0.2) is 73.2 Å². The van der Waals surface area contributed by atoms with E-state index >= 15 is 0 Å². The van der Waals surface area contributed by atoms with Crippen LogP contribution in [0.3, 0.4) is 0 Å². The molecule has 4 aromatic rings. The van der Waals surface area contributed by atoms with Crippen LogP contribution in [0.2, 0.25) is 5.04 Å². The van der Waals surface area contributed by atoms with Gasteiger partial charge in [-0.2, -0.15) is 20.2 Å². The number of nitrogens with zero attached hydrogens (tertiary/aromatic N) is 6. The Morgan fingerprint density at radius 3 is 2.29 bits per heavy atom. The lowest BCUT2D eigenvalue weighted by atomic mass is 9.89. The highest BCUT2D eigenvalue weighted by molar-refractivity contribution is 6.99. The molecule has 10 heteroatoms. The van der Waals surface area contributed by atoms with E-state index in [1.54, 1.807) is 0 Å². The van der Waals surface area contributed by atoms with Gasteiger partial charge in [0.15, 0.2) is 0 Å². The van der Waals surface area contributed by atoms with E-state index in [0.717, 1.165) is 25.9 Å². The standard InChI is InChI=1S/C38H44N6O3Si/c1-36(2,3)48(30-15-7-5-8-16-30,31-17-9-6-10-18-31)47-37(4)26-43(22-23-45-27-37)34-40-33(24-39)41-35(42-34)46-28-38-20-13-21-44(38)25-29-14-11-12-19-32(29)38/h5-12,14-19H,13,20-23,25-28H2,1-4H3. The second-order valence-corrected chi connectivity index (χ2v) is 18.8. The molecule has 4 heterocycles. The molecule has 0 radical (unpaired) electrons. The van der Waals surface area contributed by atoms with Gasteiger partial charge in [-0.3, -0.25) is 4.90 Å². The van der Waals surface area contributed by atoms with Crippen molar-refractivity contribution in [3.8, 4) is 12.1 Å². The lowest BCUT2D eigenvalue weighted by Gasteiger charge is -2.48. The van der Waals surface area contributed by atoms with Crippen molar-refractivity contribution in [2.24, 2.45) is 0 Å². The summed E-state index contributed by atoms with van der Waals surface area (Å²) in [4.78, 5) is 18.4. The number of hydrogen-bond donors (Lipinski definition) is 0. The summed E-state index contributed by atoms with van der Waals surface area (Å²) >= 11 is 0. The van der Waals surface area contributed by atoms with E-state index in [4.69, 9.17) is 18.9 Å². The molecule has 3 aliphatic rings. The van der Waals surface area contributed by atoms with Crippen molar-refractivity contribution in [3.05, 3.63) is 102 Å². The highest BCUT2D eigenvalue weighted by Gasteiger charge is 2.54. The Hall–Kier alpha value is -4.14. The molecule has 3 aromatic carbocycles. The van der Waals surface area contributed by atoms with Crippen molar-refractivity contribution < 1.29 is 13.9 Å². The molecule has 248 valence electrons. The van der Waals surface area contributed by atoms with Crippen molar-refractivity contribution in [3.63, 3.8) is 0 Å². The topological polar surface area (TPSA) is 96.6 Å². The average molecular weight is 661 g/mol. The first-order valence-electron chi connectivity index (χ1n) is 16.9. The predicted octanol–water partition coefficient (Wildman–Crippen LogP) is 4.80. The Labute approximate surface area is 284 Å². The van der Waals surface area contributed by atoms with Gasteiger partial charge in [0.05, 0.1) is 30.9 Å². The van der Waals surface area contributed by atoms with Gasteiger partial charge in [-0.1, -0.05) is 106 Å². The highest BCUT2D eigenvalue weighted by Crippen LogP contribution is 2.47. The summed E-state index contributed by atoms with van der Waals surface area (Å²) in [6, 6.07) is 32.2. The molecule has 2 fully saturated rings. The summed E-state index contributed by atoms with van der Waals surface area (Å²) in [6.45, 7) is 13.2. The third-order valence-corrected chi connectivity index (χ3v) is 15.4. The molecular weight excluding hydrogens is 617 g/mol. The quantitative estimate of drug-likeness (QED) is 0.247. The van der Waals surface area contributed by atoms with Gasteiger partial charge in [-0.25, -0.2) is 0 Å². The zero-order valence-corrected chi connectivity index (χ0v) is 29.4. The lowest BCUT2D eigenvalue weighted by Crippen LogP contribution is -2.70. The molecule has 9 nitrogen and oxygen atoms in total. The van der Waals surface area contributed by atoms with Crippen LogP contribution in [0.15, 0.2) is 84.9 Å². The van der Waals surface area contributed by atoms with Crippen molar-refractivity contribution in [2.45, 2.75) is 63.3 Å². The molecular formula is C38H44N6O3Si. The van der Waals surface area contributed by atoms with Crippen molar-refractivity contribution >= 4 is 24.6 Å². The Morgan fingerprint density at radius 1 is 0.917 bits per heavy atom. The maximum atomic E-state index is 9.97. The van der Waals surface area contributed by atoms with E-state index in [1.165, 1.54) is 21.5 Å². The molecule has 0 bridgehead atoms. The highest BCUT2D eigenvalue weighted by atomic mass is 28.4. The average Bonchev–Trinajstić information content (AvgIpc) is 3.56. The van der Waals surface area contributed by atoms with E-state index in [0.29, 0.717) is 38.9 Å². The van der Waals surface area contributed by atoms with Crippen LogP contribution in [0, 0.1) is 11.3 Å². The fourth-order valence-electron chi connectivity index (χ4n) is 8.06. The van der Waals surface area contributed by atoms with Crippen molar-refractivity contribution in [1.82, 2.24) is 19.9 Å². The maximum absolute atomic E-state index is 9.97. The van der Waals surface area contributed by atoms with Crippen LogP contribution >= 0.6 is 0 Å². The van der Waals surface area contributed by atoms with Gasteiger partial charge in [0, 0.05) is 13.1 Å². The Morgan fingerprint density at radius 2 is 1.60 bits per heavy atom. The molecule has 0 aliphatic carbocycles. The third kappa shape index (κ3) is 5.79. The zero-order chi connectivity index (χ0) is 33.4. The van der Waals surface area contributed by atoms with Crippen LogP contribution in [0.4, 0.5) is 5.95 Å². The molecule has 2 atom stereocenters. The molecule has 2 unspecified atom stereocenters. The second-order valence-electron chi connectivity index (χ2n) is 14.5. The van der Waals surface area contributed by atoms with E-state index in [1.807, 2.05) is 0 Å². The number of fused-ring (bicyclic) bond motifs is 3. The third-order valence-electron chi connectivity index (χ3n) is 10.2. The van der Waals surface area contributed by atoms with Gasteiger partial charge in [0.25, 0.3) is 8.32 Å². The number of nitriles is 1. The van der Waals surface area contributed by atoms with E-state index in [9.17, 15) is 5.26 Å². The minimum Gasteiger partial charge on any atom is -0.461 e. The number of ether oxygens (including phenoxy) is 2. The van der Waals surface area contributed by atoms with Crippen LogP contribution in [-0.2, 0) is 21.2 Å². The van der Waals surface area contributed by atoms with Crippen LogP contribution in [0.1, 0.15) is 57.5 Å². The number of aromatic nitrogens is 3. The molecule has 0 N–H and O–H groups in total. The molecule has 0 amide bonds. The summed E-state index contributed by atoms with van der Waals surface area (Å²) in [6.07, 6.45) is 2.12. The molecule has 1 aromatic heterocycles. The summed E-state index contributed by atoms with van der Waals surface area (Å²) in [5.74, 6) is 0.425. The first-order valence-corrected chi connectivity index (χ1v) is 18.8. The fourth-order valence-corrected chi connectivity index (χ4v) is 12.9. The summed E-state index contributed by atoms with van der Waals surface area (Å²) < 4.78 is 20.3. The maximum Gasteiger partial charge on any atom is 0.322 e. The predicted molar refractivity (Wildman–Crippen MR) is 188 cm³/mol. The summed E-state index contributed by atoms with van der Waals surface area (Å²) in [7, 11) is -2.90. The summed E-state index contributed by atoms with van der Waals surface area (Å²) in [5, 5.41) is 12.2. The molecule has 0 spiro atoms. The second kappa shape index (κ2) is 12.7. The first kappa shape index (κ1) is 32.4. The number of benzene rings is 3. The minimum absolute atomic E-state index is 0.0300. The van der Waals surface area contributed by atoms with Crippen LogP contribution in [0.25, 0.3) is 0 Å². The van der Waals surface area contributed by atoms with Crippen molar-refractivity contribution in [1.29, 1.82) is 5.26 Å². The van der Waals surface area contributed by atoms with E-state index in [2.05, 4.69) is 138 Å². The SMILES string of the molecule is CC1(O[Si](c2ccccc2)(c2ccccc2)C(C)(C)C)COCCN(c2nc(C#N)nc(OCC34CCCN3Cc3ccccc34)n2)C1. The number of rotatable bonds is 8. The van der Waals surface area contributed by atoms with Gasteiger partial charge >= 0.3 is 6.01 Å². The lowest BCUT2D eigenvalue weighted by molar-refractivity contribution is -0.000402. The smallest absolute Gasteiger partial charge is 0.322 e. The van der Waals surface area contributed by atoms with Crippen molar-refractivity contribution in [2.75, 3.05) is 44.4 Å². The number of hydrogen-bond acceptors (Lipinski definition) is 9. The largest absolute Gasteiger partial charge is 0.461 e. The molecule has 2 saturated heterocycles. The monoisotopic (exact) mass is 660 g/mol. The zero-order valence-electron chi connectivity index (χ0n) is 28.4. The van der Waals surface area contributed by atoms with E-state index < -0.39 is 13.9 Å². The van der Waals surface area contributed by atoms with Gasteiger partial charge in [-0.05, 0) is 52.8 Å². The van der Waals surface area contributed by atoms with Crippen LogP contribution in [0.5, 0.6) is 6.01 Å². The number of anilines is 1.